The average molecular weight is 378 g/mol. The molecular formula is C21H22N4O3. The quantitative estimate of drug-likeness (QED) is 0.679. The van der Waals surface area contributed by atoms with E-state index in [4.69, 9.17) is 9.15 Å². The van der Waals surface area contributed by atoms with Crippen LogP contribution in [0.2, 0.25) is 0 Å². The van der Waals surface area contributed by atoms with Crippen LogP contribution in [0.3, 0.4) is 0 Å². The number of ether oxygens (including phenoxy) is 1. The molecule has 0 N–H and O–H groups in total. The van der Waals surface area contributed by atoms with E-state index in [1.165, 1.54) is 0 Å². The van der Waals surface area contributed by atoms with E-state index in [1.807, 2.05) is 47.4 Å². The monoisotopic (exact) mass is 378 g/mol. The van der Waals surface area contributed by atoms with Crippen molar-refractivity contribution >= 4 is 5.91 Å². The zero-order valence-corrected chi connectivity index (χ0v) is 15.7. The van der Waals surface area contributed by atoms with E-state index < -0.39 is 0 Å². The summed E-state index contributed by atoms with van der Waals surface area (Å²) in [5.74, 6) is 1.84. The number of rotatable bonds is 5. The van der Waals surface area contributed by atoms with Crippen LogP contribution in [0.15, 0.2) is 53.1 Å². The summed E-state index contributed by atoms with van der Waals surface area (Å²) in [6.07, 6.45) is 3.84. The van der Waals surface area contributed by atoms with Crippen LogP contribution in [0.1, 0.15) is 30.2 Å². The van der Waals surface area contributed by atoms with E-state index in [0.29, 0.717) is 30.4 Å². The molecule has 1 aliphatic rings. The summed E-state index contributed by atoms with van der Waals surface area (Å²) in [5, 5.41) is 8.33. The third-order valence-corrected chi connectivity index (χ3v) is 4.98. The Morgan fingerprint density at radius 1 is 1.21 bits per heavy atom. The number of benzene rings is 1. The average Bonchev–Trinajstić information content (AvgIpc) is 3.25. The van der Waals surface area contributed by atoms with Crippen LogP contribution >= 0.6 is 0 Å². The molecule has 2 aromatic heterocycles. The van der Waals surface area contributed by atoms with Gasteiger partial charge in [0.25, 0.3) is 5.89 Å². The molecule has 3 aromatic rings. The maximum atomic E-state index is 12.8. The van der Waals surface area contributed by atoms with Crippen molar-refractivity contribution in [2.75, 3.05) is 20.2 Å². The number of carbonyl (C=O) groups excluding carboxylic acids is 1. The molecule has 4 rings (SSSR count). The van der Waals surface area contributed by atoms with Crippen LogP contribution in [0.4, 0.5) is 0 Å². The lowest BCUT2D eigenvalue weighted by Crippen LogP contribution is -2.40. The van der Waals surface area contributed by atoms with Gasteiger partial charge in [0.1, 0.15) is 11.4 Å². The standard InChI is InChI=1S/C21H22N4O3/c1-27-18-10-3-2-7-15(18)13-19(26)25-12-6-8-16(14-25)20-23-24-21(28-20)17-9-4-5-11-22-17/h2-5,7,9-11,16H,6,8,12-14H2,1H3. The van der Waals surface area contributed by atoms with Gasteiger partial charge in [-0.2, -0.15) is 0 Å². The van der Waals surface area contributed by atoms with Crippen molar-refractivity contribution in [3.05, 3.63) is 60.1 Å². The van der Waals surface area contributed by atoms with Crippen LogP contribution in [0.5, 0.6) is 5.75 Å². The molecule has 7 nitrogen and oxygen atoms in total. The molecule has 3 heterocycles. The highest BCUT2D eigenvalue weighted by Crippen LogP contribution is 2.28. The molecule has 1 fully saturated rings. The van der Waals surface area contributed by atoms with Gasteiger partial charge in [0.2, 0.25) is 11.8 Å². The number of aromatic nitrogens is 3. The Morgan fingerprint density at radius 3 is 2.89 bits per heavy atom. The highest BCUT2D eigenvalue weighted by Gasteiger charge is 2.29. The number of likely N-dealkylation sites (tertiary alicyclic amines) is 1. The van der Waals surface area contributed by atoms with Gasteiger partial charge in [0, 0.05) is 24.8 Å². The van der Waals surface area contributed by atoms with Crippen LogP contribution in [0, 0.1) is 0 Å². The summed E-state index contributed by atoms with van der Waals surface area (Å²) in [6.45, 7) is 1.32. The summed E-state index contributed by atoms with van der Waals surface area (Å²) < 4.78 is 11.2. The van der Waals surface area contributed by atoms with Crippen molar-refractivity contribution in [2.24, 2.45) is 0 Å². The van der Waals surface area contributed by atoms with E-state index in [0.717, 1.165) is 30.7 Å². The number of pyridine rings is 1. The molecule has 144 valence electrons. The molecule has 0 aliphatic carbocycles. The van der Waals surface area contributed by atoms with Gasteiger partial charge in [-0.1, -0.05) is 24.3 Å². The van der Waals surface area contributed by atoms with Crippen molar-refractivity contribution in [1.82, 2.24) is 20.1 Å². The fourth-order valence-electron chi connectivity index (χ4n) is 3.52. The number of methoxy groups -OCH3 is 1. The summed E-state index contributed by atoms with van der Waals surface area (Å²) in [7, 11) is 1.62. The predicted octanol–water partition coefficient (Wildman–Crippen LogP) is 3.09. The van der Waals surface area contributed by atoms with E-state index in [-0.39, 0.29) is 11.8 Å². The molecule has 0 spiro atoms. The molecule has 1 aromatic carbocycles. The number of carbonyl (C=O) groups is 1. The molecular weight excluding hydrogens is 356 g/mol. The van der Waals surface area contributed by atoms with Crippen molar-refractivity contribution < 1.29 is 13.9 Å². The SMILES string of the molecule is COc1ccccc1CC(=O)N1CCCC(c2nnc(-c3ccccn3)o2)C1. The Bertz CT molecular complexity index is 942. The Labute approximate surface area is 163 Å². The smallest absolute Gasteiger partial charge is 0.266 e. The first-order chi connectivity index (χ1) is 13.7. The van der Waals surface area contributed by atoms with Gasteiger partial charge < -0.3 is 14.1 Å². The van der Waals surface area contributed by atoms with Gasteiger partial charge in [-0.3, -0.25) is 9.78 Å². The zero-order chi connectivity index (χ0) is 19.3. The second-order valence-electron chi connectivity index (χ2n) is 6.83. The number of piperidine rings is 1. The Morgan fingerprint density at radius 2 is 2.07 bits per heavy atom. The summed E-state index contributed by atoms with van der Waals surface area (Å²) in [6, 6.07) is 13.2. The molecule has 1 aliphatic heterocycles. The maximum absolute atomic E-state index is 12.8. The normalized spacial score (nSPS) is 16.8. The van der Waals surface area contributed by atoms with Crippen LogP contribution in [-0.2, 0) is 11.2 Å². The van der Waals surface area contributed by atoms with Crippen molar-refractivity contribution in [3.63, 3.8) is 0 Å². The van der Waals surface area contributed by atoms with E-state index in [2.05, 4.69) is 15.2 Å². The van der Waals surface area contributed by atoms with Gasteiger partial charge in [0.05, 0.1) is 19.4 Å². The van der Waals surface area contributed by atoms with Crippen molar-refractivity contribution in [3.8, 4) is 17.3 Å². The lowest BCUT2D eigenvalue weighted by Gasteiger charge is -2.31. The third-order valence-electron chi connectivity index (χ3n) is 4.98. The first kappa shape index (κ1) is 18.2. The number of hydrogen-bond donors (Lipinski definition) is 0. The Hall–Kier alpha value is -3.22. The molecule has 0 radical (unpaired) electrons. The topological polar surface area (TPSA) is 81.4 Å². The summed E-state index contributed by atoms with van der Waals surface area (Å²) >= 11 is 0. The van der Waals surface area contributed by atoms with Gasteiger partial charge in [-0.05, 0) is 31.0 Å². The molecule has 1 atom stereocenters. The molecule has 1 amide bonds. The zero-order valence-electron chi connectivity index (χ0n) is 15.7. The van der Waals surface area contributed by atoms with Gasteiger partial charge >= 0.3 is 0 Å². The number of amides is 1. The summed E-state index contributed by atoms with van der Waals surface area (Å²) in [5.41, 5.74) is 1.55. The van der Waals surface area contributed by atoms with Crippen molar-refractivity contribution in [2.45, 2.75) is 25.2 Å². The Kier molecular flexibility index (Phi) is 5.32. The van der Waals surface area contributed by atoms with Crippen LogP contribution < -0.4 is 4.74 Å². The second-order valence-corrected chi connectivity index (χ2v) is 6.83. The van der Waals surface area contributed by atoms with Crippen LogP contribution in [-0.4, -0.2) is 46.2 Å². The lowest BCUT2D eigenvalue weighted by atomic mass is 9.97. The van der Waals surface area contributed by atoms with E-state index in [1.54, 1.807) is 13.3 Å². The number of para-hydroxylation sites is 1. The van der Waals surface area contributed by atoms with Gasteiger partial charge in [-0.25, -0.2) is 0 Å². The molecule has 7 heteroatoms. The fraction of sp³-hybridized carbons (Fsp3) is 0.333. The first-order valence-electron chi connectivity index (χ1n) is 9.39. The molecule has 28 heavy (non-hydrogen) atoms. The minimum Gasteiger partial charge on any atom is -0.496 e. The van der Waals surface area contributed by atoms with E-state index >= 15 is 0 Å². The second kappa shape index (κ2) is 8.21. The third kappa shape index (κ3) is 3.88. The highest BCUT2D eigenvalue weighted by atomic mass is 16.5. The van der Waals surface area contributed by atoms with Crippen molar-refractivity contribution in [1.29, 1.82) is 0 Å². The minimum absolute atomic E-state index is 0.0420. The molecule has 0 saturated carbocycles. The molecule has 1 unspecified atom stereocenters. The maximum Gasteiger partial charge on any atom is 0.266 e. The number of nitrogens with zero attached hydrogens (tertiary/aromatic N) is 4. The molecule has 1 saturated heterocycles. The van der Waals surface area contributed by atoms with Gasteiger partial charge in [-0.15, -0.1) is 10.2 Å². The van der Waals surface area contributed by atoms with Gasteiger partial charge in [0.15, 0.2) is 0 Å². The minimum atomic E-state index is 0.0420. The lowest BCUT2D eigenvalue weighted by molar-refractivity contribution is -0.131. The fourth-order valence-corrected chi connectivity index (χ4v) is 3.52. The van der Waals surface area contributed by atoms with E-state index in [9.17, 15) is 4.79 Å². The number of hydrogen-bond acceptors (Lipinski definition) is 6. The highest BCUT2D eigenvalue weighted by molar-refractivity contribution is 5.79. The van der Waals surface area contributed by atoms with Crippen LogP contribution in [0.25, 0.3) is 11.6 Å². The molecule has 0 bridgehead atoms. The predicted molar refractivity (Wildman–Crippen MR) is 103 cm³/mol. The first-order valence-corrected chi connectivity index (χ1v) is 9.39. The Balaban J connectivity index is 1.44. The largest absolute Gasteiger partial charge is 0.496 e. The summed E-state index contributed by atoms with van der Waals surface area (Å²) in [4.78, 5) is 19.0.